The van der Waals surface area contributed by atoms with Crippen molar-refractivity contribution in [3.63, 3.8) is 0 Å². The van der Waals surface area contributed by atoms with E-state index in [0.717, 1.165) is 22.0 Å². The topological polar surface area (TPSA) is 58.2 Å². The lowest BCUT2D eigenvalue weighted by atomic mass is 10.1. The molecular formula is C18H17BrN2O2. The van der Waals surface area contributed by atoms with Crippen LogP contribution in [0.4, 0.5) is 0 Å². The summed E-state index contributed by atoms with van der Waals surface area (Å²) >= 11 is 3.40. The highest BCUT2D eigenvalue weighted by Gasteiger charge is 2.05. The molecule has 0 saturated carbocycles. The smallest absolute Gasteiger partial charge is 0.268 e. The molecule has 2 aromatic rings. The van der Waals surface area contributed by atoms with E-state index in [1.54, 1.807) is 18.2 Å². The van der Waals surface area contributed by atoms with Crippen LogP contribution in [-0.4, -0.2) is 11.8 Å². The Morgan fingerprint density at radius 3 is 2.39 bits per heavy atom. The predicted molar refractivity (Wildman–Crippen MR) is 94.6 cm³/mol. The van der Waals surface area contributed by atoms with Gasteiger partial charge in [-0.25, -0.2) is 0 Å². The molecule has 0 aliphatic carbocycles. The molecule has 118 valence electrons. The van der Waals surface area contributed by atoms with E-state index in [0.29, 0.717) is 5.56 Å². The molecule has 0 aliphatic rings. The molecule has 0 bridgehead atoms. The molecule has 2 aromatic carbocycles. The number of hydrazine groups is 1. The monoisotopic (exact) mass is 372 g/mol. The SMILES string of the molecule is CCc1ccc(C(=O)NNC(=O)/C=C/c2ccccc2Br)cc1. The Morgan fingerprint density at radius 1 is 1.04 bits per heavy atom. The first-order chi connectivity index (χ1) is 11.1. The number of hydrogen-bond donors (Lipinski definition) is 2. The van der Waals surface area contributed by atoms with Crippen molar-refractivity contribution in [3.05, 3.63) is 75.8 Å². The molecule has 2 N–H and O–H groups in total. The normalized spacial score (nSPS) is 10.5. The van der Waals surface area contributed by atoms with E-state index < -0.39 is 5.91 Å². The van der Waals surface area contributed by atoms with E-state index in [9.17, 15) is 9.59 Å². The third-order valence-corrected chi connectivity index (χ3v) is 3.97. The van der Waals surface area contributed by atoms with Crippen molar-refractivity contribution in [2.45, 2.75) is 13.3 Å². The number of aryl methyl sites for hydroxylation is 1. The number of nitrogens with one attached hydrogen (secondary N) is 2. The van der Waals surface area contributed by atoms with Crippen LogP contribution in [0.15, 0.2) is 59.1 Å². The second kappa shape index (κ2) is 8.29. The molecule has 0 heterocycles. The molecule has 2 amide bonds. The molecular weight excluding hydrogens is 356 g/mol. The fourth-order valence-electron chi connectivity index (χ4n) is 1.90. The zero-order chi connectivity index (χ0) is 16.7. The molecule has 2 rings (SSSR count). The van der Waals surface area contributed by atoms with Gasteiger partial charge >= 0.3 is 0 Å². The fourth-order valence-corrected chi connectivity index (χ4v) is 2.32. The zero-order valence-electron chi connectivity index (χ0n) is 12.7. The van der Waals surface area contributed by atoms with Gasteiger partial charge in [-0.15, -0.1) is 0 Å². The van der Waals surface area contributed by atoms with Crippen molar-refractivity contribution in [1.29, 1.82) is 0 Å². The average molecular weight is 373 g/mol. The van der Waals surface area contributed by atoms with E-state index >= 15 is 0 Å². The van der Waals surface area contributed by atoms with Gasteiger partial charge in [0.2, 0.25) is 0 Å². The van der Waals surface area contributed by atoms with Gasteiger partial charge in [-0.3, -0.25) is 20.4 Å². The Balaban J connectivity index is 1.88. The molecule has 0 aromatic heterocycles. The summed E-state index contributed by atoms with van der Waals surface area (Å²) in [4.78, 5) is 23.7. The first kappa shape index (κ1) is 17.0. The van der Waals surface area contributed by atoms with Gasteiger partial charge in [0.15, 0.2) is 0 Å². The largest absolute Gasteiger partial charge is 0.269 e. The third-order valence-electron chi connectivity index (χ3n) is 3.24. The molecule has 0 aliphatic heterocycles. The average Bonchev–Trinajstić information content (AvgIpc) is 2.59. The minimum atomic E-state index is -0.403. The molecule has 0 atom stereocenters. The van der Waals surface area contributed by atoms with Crippen LogP contribution >= 0.6 is 15.9 Å². The van der Waals surface area contributed by atoms with Crippen LogP contribution in [-0.2, 0) is 11.2 Å². The Labute approximate surface area is 143 Å². The lowest BCUT2D eigenvalue weighted by molar-refractivity contribution is -0.117. The minimum Gasteiger partial charge on any atom is -0.268 e. The van der Waals surface area contributed by atoms with Gasteiger partial charge in [-0.2, -0.15) is 0 Å². The van der Waals surface area contributed by atoms with Crippen molar-refractivity contribution >= 4 is 33.8 Å². The number of halogens is 1. The fraction of sp³-hybridized carbons (Fsp3) is 0.111. The van der Waals surface area contributed by atoms with E-state index in [4.69, 9.17) is 0 Å². The van der Waals surface area contributed by atoms with Crippen LogP contribution in [0.1, 0.15) is 28.4 Å². The lowest BCUT2D eigenvalue weighted by Gasteiger charge is -2.06. The Kier molecular flexibility index (Phi) is 6.11. The van der Waals surface area contributed by atoms with Crippen molar-refractivity contribution in [1.82, 2.24) is 10.9 Å². The van der Waals surface area contributed by atoms with Gasteiger partial charge in [0.1, 0.15) is 0 Å². The Bertz CT molecular complexity index is 724. The van der Waals surface area contributed by atoms with Crippen LogP contribution < -0.4 is 10.9 Å². The molecule has 0 saturated heterocycles. The van der Waals surface area contributed by atoms with Gasteiger partial charge in [0, 0.05) is 16.1 Å². The summed E-state index contributed by atoms with van der Waals surface area (Å²) in [5.74, 6) is -0.755. The summed E-state index contributed by atoms with van der Waals surface area (Å²) < 4.78 is 0.893. The number of carbonyl (C=O) groups excluding carboxylic acids is 2. The van der Waals surface area contributed by atoms with E-state index in [1.807, 2.05) is 43.3 Å². The summed E-state index contributed by atoms with van der Waals surface area (Å²) in [5.41, 5.74) is 7.28. The molecule has 5 heteroatoms. The van der Waals surface area contributed by atoms with Crippen LogP contribution in [0, 0.1) is 0 Å². The van der Waals surface area contributed by atoms with Gasteiger partial charge in [-0.1, -0.05) is 53.2 Å². The summed E-state index contributed by atoms with van der Waals surface area (Å²) in [6.07, 6.45) is 3.95. The maximum absolute atomic E-state index is 11.9. The van der Waals surface area contributed by atoms with Crippen molar-refractivity contribution in [2.24, 2.45) is 0 Å². The van der Waals surface area contributed by atoms with Crippen LogP contribution in [0.5, 0.6) is 0 Å². The second-order valence-electron chi connectivity index (χ2n) is 4.85. The number of benzene rings is 2. The van der Waals surface area contributed by atoms with Crippen LogP contribution in [0.3, 0.4) is 0 Å². The summed E-state index contributed by atoms with van der Waals surface area (Å²) in [5, 5.41) is 0. The molecule has 0 spiro atoms. The molecule has 0 unspecified atom stereocenters. The number of rotatable bonds is 4. The van der Waals surface area contributed by atoms with E-state index in [1.165, 1.54) is 6.08 Å². The predicted octanol–water partition coefficient (Wildman–Crippen LogP) is 3.49. The first-order valence-corrected chi connectivity index (χ1v) is 8.01. The van der Waals surface area contributed by atoms with E-state index in [2.05, 4.69) is 26.8 Å². The maximum atomic E-state index is 11.9. The highest BCUT2D eigenvalue weighted by Crippen LogP contribution is 2.16. The number of hydrogen-bond acceptors (Lipinski definition) is 2. The molecule has 4 nitrogen and oxygen atoms in total. The standard InChI is InChI=1S/C18H17BrN2O2/c1-2-13-7-9-15(10-8-13)18(23)21-20-17(22)12-11-14-5-3-4-6-16(14)19/h3-12H,2H2,1H3,(H,20,22)(H,21,23)/b12-11+. The quantitative estimate of drug-likeness (QED) is 0.637. The van der Waals surface area contributed by atoms with Crippen molar-refractivity contribution < 1.29 is 9.59 Å². The zero-order valence-corrected chi connectivity index (χ0v) is 14.3. The number of amides is 2. The third kappa shape index (κ3) is 5.07. The molecule has 0 radical (unpaired) electrons. The van der Waals surface area contributed by atoms with Gasteiger partial charge in [-0.05, 0) is 41.8 Å². The Hall–Kier alpha value is -2.40. The number of carbonyl (C=O) groups is 2. The summed E-state index contributed by atoms with van der Waals surface area (Å²) in [7, 11) is 0. The maximum Gasteiger partial charge on any atom is 0.269 e. The Morgan fingerprint density at radius 2 is 1.74 bits per heavy atom. The first-order valence-electron chi connectivity index (χ1n) is 7.22. The van der Waals surface area contributed by atoms with Crippen molar-refractivity contribution in [2.75, 3.05) is 0 Å². The summed E-state index contributed by atoms with van der Waals surface area (Å²) in [6, 6.07) is 14.8. The second-order valence-corrected chi connectivity index (χ2v) is 5.70. The van der Waals surface area contributed by atoms with Gasteiger partial charge < -0.3 is 0 Å². The van der Waals surface area contributed by atoms with Gasteiger partial charge in [0.25, 0.3) is 11.8 Å². The van der Waals surface area contributed by atoms with Crippen molar-refractivity contribution in [3.8, 4) is 0 Å². The van der Waals surface area contributed by atoms with Gasteiger partial charge in [0.05, 0.1) is 0 Å². The van der Waals surface area contributed by atoms with Crippen LogP contribution in [0.2, 0.25) is 0 Å². The van der Waals surface area contributed by atoms with Crippen LogP contribution in [0.25, 0.3) is 6.08 Å². The minimum absolute atomic E-state index is 0.352. The summed E-state index contributed by atoms with van der Waals surface area (Å²) in [6.45, 7) is 2.05. The molecule has 0 fully saturated rings. The lowest BCUT2D eigenvalue weighted by Crippen LogP contribution is -2.40. The molecule has 23 heavy (non-hydrogen) atoms. The highest BCUT2D eigenvalue weighted by atomic mass is 79.9. The van der Waals surface area contributed by atoms with E-state index in [-0.39, 0.29) is 5.91 Å². The highest BCUT2D eigenvalue weighted by molar-refractivity contribution is 9.10.